The Bertz CT molecular complexity index is 557. The lowest BCUT2D eigenvalue weighted by molar-refractivity contribution is 0.309. The van der Waals surface area contributed by atoms with Crippen LogP contribution in [-0.2, 0) is 6.54 Å². The van der Waals surface area contributed by atoms with Crippen molar-refractivity contribution in [2.75, 3.05) is 11.9 Å². The molecule has 2 aromatic rings. The average molecular weight is 283 g/mol. The Hall–Kier alpha value is -1.96. The topological polar surface area (TPSA) is 21.3 Å². The van der Waals surface area contributed by atoms with Crippen molar-refractivity contribution in [3.63, 3.8) is 0 Å². The smallest absolute Gasteiger partial charge is 0.119 e. The van der Waals surface area contributed by atoms with Crippen molar-refractivity contribution < 1.29 is 4.74 Å². The molecule has 0 amide bonds. The summed E-state index contributed by atoms with van der Waals surface area (Å²) in [4.78, 5) is 0. The Labute approximate surface area is 128 Å². The fraction of sp³-hybridized carbons (Fsp3) is 0.368. The van der Waals surface area contributed by atoms with Crippen LogP contribution >= 0.6 is 0 Å². The van der Waals surface area contributed by atoms with Crippen LogP contribution in [0.1, 0.15) is 36.5 Å². The molecule has 0 aliphatic rings. The third kappa shape index (κ3) is 5.14. The predicted molar refractivity (Wildman–Crippen MR) is 90.1 cm³/mol. The van der Waals surface area contributed by atoms with Gasteiger partial charge >= 0.3 is 0 Å². The van der Waals surface area contributed by atoms with Gasteiger partial charge in [0.25, 0.3) is 0 Å². The third-order valence-corrected chi connectivity index (χ3v) is 3.38. The zero-order valence-electron chi connectivity index (χ0n) is 13.3. The molecule has 0 bridgehead atoms. The van der Waals surface area contributed by atoms with E-state index in [1.165, 1.54) is 22.4 Å². The van der Waals surface area contributed by atoms with Gasteiger partial charge < -0.3 is 10.1 Å². The normalized spacial score (nSPS) is 10.4. The number of nitrogens with one attached hydrogen (secondary N) is 1. The van der Waals surface area contributed by atoms with E-state index in [1.807, 2.05) is 6.07 Å². The van der Waals surface area contributed by atoms with Gasteiger partial charge in [-0.3, -0.25) is 0 Å². The highest BCUT2D eigenvalue weighted by molar-refractivity contribution is 5.49. The molecule has 0 radical (unpaired) electrons. The van der Waals surface area contributed by atoms with Crippen LogP contribution < -0.4 is 10.1 Å². The molecule has 0 aliphatic carbocycles. The number of ether oxygens (including phenoxy) is 1. The van der Waals surface area contributed by atoms with Crippen LogP contribution in [0.25, 0.3) is 0 Å². The Balaban J connectivity index is 1.94. The second-order valence-corrected chi connectivity index (χ2v) is 5.58. The number of anilines is 1. The highest BCUT2D eigenvalue weighted by atomic mass is 16.5. The summed E-state index contributed by atoms with van der Waals surface area (Å²) in [6.45, 7) is 8.03. The van der Waals surface area contributed by atoms with Crippen LogP contribution in [0.2, 0.25) is 0 Å². The van der Waals surface area contributed by atoms with Gasteiger partial charge in [-0.1, -0.05) is 31.5 Å². The van der Waals surface area contributed by atoms with E-state index < -0.39 is 0 Å². The van der Waals surface area contributed by atoms with Gasteiger partial charge in [0.1, 0.15) is 5.75 Å². The highest BCUT2D eigenvalue weighted by Crippen LogP contribution is 2.17. The van der Waals surface area contributed by atoms with E-state index in [0.717, 1.165) is 31.7 Å². The SMILES string of the molecule is CCCCOc1cccc(CNc2cc(C)cc(C)c2)c1. The fourth-order valence-electron chi connectivity index (χ4n) is 2.36. The lowest BCUT2D eigenvalue weighted by Gasteiger charge is -2.10. The van der Waals surface area contributed by atoms with E-state index in [1.54, 1.807) is 0 Å². The van der Waals surface area contributed by atoms with Gasteiger partial charge in [0.15, 0.2) is 0 Å². The average Bonchev–Trinajstić information content (AvgIpc) is 2.45. The summed E-state index contributed by atoms with van der Waals surface area (Å²) in [5, 5.41) is 3.48. The molecule has 0 atom stereocenters. The maximum absolute atomic E-state index is 5.75. The van der Waals surface area contributed by atoms with E-state index in [2.05, 4.69) is 62.5 Å². The molecule has 21 heavy (non-hydrogen) atoms. The molecule has 2 nitrogen and oxygen atoms in total. The highest BCUT2D eigenvalue weighted by Gasteiger charge is 1.99. The monoisotopic (exact) mass is 283 g/mol. The van der Waals surface area contributed by atoms with Crippen LogP contribution in [0.5, 0.6) is 5.75 Å². The van der Waals surface area contributed by atoms with Gasteiger partial charge in [-0.2, -0.15) is 0 Å². The number of benzene rings is 2. The maximum Gasteiger partial charge on any atom is 0.119 e. The first-order valence-corrected chi connectivity index (χ1v) is 7.71. The molecule has 2 rings (SSSR count). The van der Waals surface area contributed by atoms with Crippen molar-refractivity contribution in [2.24, 2.45) is 0 Å². The lowest BCUT2D eigenvalue weighted by Crippen LogP contribution is -2.01. The molecular formula is C19H25NO. The van der Waals surface area contributed by atoms with Gasteiger partial charge in [0.2, 0.25) is 0 Å². The van der Waals surface area contributed by atoms with Crippen molar-refractivity contribution in [2.45, 2.75) is 40.2 Å². The second kappa shape index (κ2) is 7.72. The van der Waals surface area contributed by atoms with E-state index in [-0.39, 0.29) is 0 Å². The molecule has 0 saturated carbocycles. The summed E-state index contributed by atoms with van der Waals surface area (Å²) < 4.78 is 5.75. The molecule has 0 fully saturated rings. The van der Waals surface area contributed by atoms with Crippen molar-refractivity contribution in [3.05, 3.63) is 59.2 Å². The molecule has 0 aliphatic heterocycles. The molecule has 0 spiro atoms. The first kappa shape index (κ1) is 15.4. The summed E-state index contributed by atoms with van der Waals surface area (Å²) >= 11 is 0. The molecule has 2 heteroatoms. The molecule has 0 aromatic heterocycles. The molecule has 112 valence electrons. The van der Waals surface area contributed by atoms with Gasteiger partial charge in [0, 0.05) is 12.2 Å². The van der Waals surface area contributed by atoms with Crippen LogP contribution in [0, 0.1) is 13.8 Å². The predicted octanol–water partition coefficient (Wildman–Crippen LogP) is 5.09. The Morgan fingerprint density at radius 3 is 2.48 bits per heavy atom. The van der Waals surface area contributed by atoms with E-state index in [9.17, 15) is 0 Å². The number of hydrogen-bond acceptors (Lipinski definition) is 2. The fourth-order valence-corrected chi connectivity index (χ4v) is 2.36. The molecule has 0 unspecified atom stereocenters. The van der Waals surface area contributed by atoms with E-state index in [4.69, 9.17) is 4.74 Å². The second-order valence-electron chi connectivity index (χ2n) is 5.58. The summed E-state index contributed by atoms with van der Waals surface area (Å²) in [5.74, 6) is 0.961. The standard InChI is InChI=1S/C19H25NO/c1-4-5-9-21-19-8-6-7-17(13-19)14-20-18-11-15(2)10-16(3)12-18/h6-8,10-13,20H,4-5,9,14H2,1-3H3. The van der Waals surface area contributed by atoms with Gasteiger partial charge in [0.05, 0.1) is 6.61 Å². The van der Waals surface area contributed by atoms with E-state index in [0.29, 0.717) is 0 Å². The minimum atomic E-state index is 0.796. The molecule has 1 N–H and O–H groups in total. The zero-order valence-corrected chi connectivity index (χ0v) is 13.3. The molecule has 0 heterocycles. The van der Waals surface area contributed by atoms with Crippen molar-refractivity contribution in [1.29, 1.82) is 0 Å². The summed E-state index contributed by atoms with van der Waals surface area (Å²) in [7, 11) is 0. The zero-order chi connectivity index (χ0) is 15.1. The van der Waals surface area contributed by atoms with Crippen LogP contribution in [0.3, 0.4) is 0 Å². The van der Waals surface area contributed by atoms with Crippen molar-refractivity contribution in [1.82, 2.24) is 0 Å². The maximum atomic E-state index is 5.75. The Morgan fingerprint density at radius 1 is 1.00 bits per heavy atom. The number of unbranched alkanes of at least 4 members (excludes halogenated alkanes) is 1. The largest absolute Gasteiger partial charge is 0.494 e. The summed E-state index contributed by atoms with van der Waals surface area (Å²) in [6, 6.07) is 14.9. The van der Waals surface area contributed by atoms with Gasteiger partial charge in [-0.25, -0.2) is 0 Å². The Morgan fingerprint density at radius 2 is 1.76 bits per heavy atom. The van der Waals surface area contributed by atoms with E-state index >= 15 is 0 Å². The molecule has 0 saturated heterocycles. The summed E-state index contributed by atoms with van der Waals surface area (Å²) in [5.41, 5.74) is 4.98. The quantitative estimate of drug-likeness (QED) is 0.714. The number of rotatable bonds is 7. The van der Waals surface area contributed by atoms with Gasteiger partial charge in [-0.15, -0.1) is 0 Å². The molecular weight excluding hydrogens is 258 g/mol. The Kier molecular flexibility index (Phi) is 5.68. The van der Waals surface area contributed by atoms with Crippen LogP contribution in [0.4, 0.5) is 5.69 Å². The van der Waals surface area contributed by atoms with Gasteiger partial charge in [-0.05, 0) is 61.2 Å². The first-order valence-electron chi connectivity index (χ1n) is 7.71. The third-order valence-electron chi connectivity index (χ3n) is 3.38. The summed E-state index contributed by atoms with van der Waals surface area (Å²) in [6.07, 6.45) is 2.26. The van der Waals surface area contributed by atoms with Crippen LogP contribution in [-0.4, -0.2) is 6.61 Å². The number of hydrogen-bond donors (Lipinski definition) is 1. The number of aryl methyl sites for hydroxylation is 2. The van der Waals surface area contributed by atoms with Crippen LogP contribution in [0.15, 0.2) is 42.5 Å². The minimum Gasteiger partial charge on any atom is -0.494 e. The molecule has 2 aromatic carbocycles. The van der Waals surface area contributed by atoms with Crippen molar-refractivity contribution >= 4 is 5.69 Å². The lowest BCUT2D eigenvalue weighted by atomic mass is 10.1. The van der Waals surface area contributed by atoms with Crippen molar-refractivity contribution in [3.8, 4) is 5.75 Å². The minimum absolute atomic E-state index is 0.796. The first-order chi connectivity index (χ1) is 10.2.